The van der Waals surface area contributed by atoms with E-state index < -0.39 is 5.91 Å². The van der Waals surface area contributed by atoms with Crippen molar-refractivity contribution in [1.29, 1.82) is 5.26 Å². The van der Waals surface area contributed by atoms with E-state index in [0.29, 0.717) is 11.3 Å². The normalized spacial score (nSPS) is 9.88. The number of nitriles is 1. The highest BCUT2D eigenvalue weighted by atomic mass is 79.9. The molecule has 0 radical (unpaired) electrons. The molecule has 0 bridgehead atoms. The van der Waals surface area contributed by atoms with E-state index in [1.165, 1.54) is 10.7 Å². The molecule has 0 unspecified atom stereocenters. The van der Waals surface area contributed by atoms with E-state index in [-0.39, 0.29) is 5.69 Å². The third-order valence-corrected chi connectivity index (χ3v) is 2.66. The summed E-state index contributed by atoms with van der Waals surface area (Å²) in [5, 5.41) is 13.0. The number of nitrogens with zero attached hydrogens (tertiary/aromatic N) is 3. The summed E-state index contributed by atoms with van der Waals surface area (Å²) >= 11 is 3.32. The first-order valence-corrected chi connectivity index (χ1v) is 5.46. The summed E-state index contributed by atoms with van der Waals surface area (Å²) in [7, 11) is 0. The Bertz CT molecular complexity index is 627. The van der Waals surface area contributed by atoms with Crippen LogP contribution in [0.2, 0.25) is 0 Å². The Morgan fingerprint density at radius 1 is 1.47 bits per heavy atom. The van der Waals surface area contributed by atoms with Crippen molar-refractivity contribution in [2.45, 2.75) is 0 Å². The van der Waals surface area contributed by atoms with Gasteiger partial charge in [-0.2, -0.15) is 10.4 Å². The van der Waals surface area contributed by atoms with Crippen LogP contribution in [0.5, 0.6) is 0 Å². The first-order chi connectivity index (χ1) is 8.11. The van der Waals surface area contributed by atoms with Gasteiger partial charge in [0.15, 0.2) is 0 Å². The number of benzene rings is 1. The highest BCUT2D eigenvalue weighted by Crippen LogP contribution is 2.19. The van der Waals surface area contributed by atoms with Crippen LogP contribution in [0, 0.1) is 11.3 Å². The molecule has 2 rings (SSSR count). The minimum absolute atomic E-state index is 0.161. The number of rotatable bonds is 2. The number of aromatic nitrogens is 2. The fourth-order valence-electron chi connectivity index (χ4n) is 1.38. The number of nitrogens with two attached hydrogens (primary N) is 1. The maximum absolute atomic E-state index is 10.9. The van der Waals surface area contributed by atoms with Crippen LogP contribution in [0.3, 0.4) is 0 Å². The van der Waals surface area contributed by atoms with Crippen molar-refractivity contribution in [3.05, 3.63) is 46.2 Å². The van der Waals surface area contributed by atoms with E-state index in [0.717, 1.165) is 4.47 Å². The average molecular weight is 291 g/mol. The lowest BCUT2D eigenvalue weighted by Crippen LogP contribution is -2.12. The molecule has 0 saturated heterocycles. The lowest BCUT2D eigenvalue weighted by Gasteiger charge is -2.04. The Morgan fingerprint density at radius 2 is 2.24 bits per heavy atom. The van der Waals surface area contributed by atoms with Crippen LogP contribution < -0.4 is 5.73 Å². The molecule has 1 aromatic carbocycles. The average Bonchev–Trinajstić information content (AvgIpc) is 2.78. The molecule has 0 fully saturated rings. The predicted octanol–water partition coefficient (Wildman–Crippen LogP) is 1.61. The van der Waals surface area contributed by atoms with Gasteiger partial charge < -0.3 is 5.73 Å². The van der Waals surface area contributed by atoms with Crippen molar-refractivity contribution in [3.63, 3.8) is 0 Å². The lowest BCUT2D eigenvalue weighted by molar-refractivity contribution is 0.0995. The number of amides is 1. The molecule has 1 heterocycles. The zero-order valence-corrected chi connectivity index (χ0v) is 10.2. The fraction of sp³-hybridized carbons (Fsp3) is 0. The topological polar surface area (TPSA) is 84.7 Å². The van der Waals surface area contributed by atoms with Gasteiger partial charge in [0.2, 0.25) is 0 Å². The molecule has 17 heavy (non-hydrogen) atoms. The molecule has 0 aliphatic carbocycles. The van der Waals surface area contributed by atoms with Crippen molar-refractivity contribution in [2.24, 2.45) is 5.73 Å². The van der Waals surface area contributed by atoms with Crippen molar-refractivity contribution in [3.8, 4) is 11.8 Å². The molecule has 0 atom stereocenters. The van der Waals surface area contributed by atoms with Crippen LogP contribution in [0.4, 0.5) is 0 Å². The third kappa shape index (κ3) is 2.19. The second-order valence-electron chi connectivity index (χ2n) is 3.28. The number of carbonyl (C=O) groups excluding carboxylic acids is 1. The minimum Gasteiger partial charge on any atom is -0.364 e. The van der Waals surface area contributed by atoms with E-state index in [1.54, 1.807) is 24.4 Å². The van der Waals surface area contributed by atoms with E-state index in [2.05, 4.69) is 27.1 Å². The Morgan fingerprint density at radius 3 is 2.82 bits per heavy atom. The molecule has 1 amide bonds. The van der Waals surface area contributed by atoms with Crippen LogP contribution >= 0.6 is 15.9 Å². The molecule has 0 aliphatic heterocycles. The van der Waals surface area contributed by atoms with Gasteiger partial charge in [-0.3, -0.25) is 4.79 Å². The van der Waals surface area contributed by atoms with Crippen LogP contribution in [0.1, 0.15) is 16.1 Å². The minimum atomic E-state index is -0.600. The van der Waals surface area contributed by atoms with Gasteiger partial charge in [-0.05, 0) is 24.3 Å². The Balaban J connectivity index is 2.56. The summed E-state index contributed by atoms with van der Waals surface area (Å²) < 4.78 is 2.27. The molecule has 6 heteroatoms. The van der Waals surface area contributed by atoms with Crippen LogP contribution in [-0.2, 0) is 0 Å². The Hall–Kier alpha value is -2.13. The maximum atomic E-state index is 10.9. The standard InChI is InChI=1S/C11H7BrN4O/c12-8-2-1-7(6-13)10(5-8)16-4-3-9(15-16)11(14)17/h1-5H,(H2,14,17). The molecule has 2 aromatic rings. The van der Waals surface area contributed by atoms with Gasteiger partial charge in [0, 0.05) is 10.7 Å². The van der Waals surface area contributed by atoms with Gasteiger partial charge in [0.05, 0.1) is 11.3 Å². The number of halogens is 1. The SMILES string of the molecule is N#Cc1ccc(Br)cc1-n1ccc(C(N)=O)n1. The number of primary amides is 1. The first-order valence-electron chi connectivity index (χ1n) is 4.67. The smallest absolute Gasteiger partial charge is 0.269 e. The van der Waals surface area contributed by atoms with Crippen LogP contribution in [0.15, 0.2) is 34.9 Å². The second kappa shape index (κ2) is 4.39. The Kier molecular flexibility index (Phi) is 2.93. The fourth-order valence-corrected chi connectivity index (χ4v) is 1.73. The van der Waals surface area contributed by atoms with E-state index in [4.69, 9.17) is 11.0 Å². The van der Waals surface area contributed by atoms with E-state index in [1.807, 2.05) is 0 Å². The number of hydrogen-bond donors (Lipinski definition) is 1. The zero-order chi connectivity index (χ0) is 12.4. The molecule has 0 spiro atoms. The highest BCUT2D eigenvalue weighted by Gasteiger charge is 2.09. The Labute approximate surface area is 106 Å². The number of hydrogen-bond acceptors (Lipinski definition) is 3. The lowest BCUT2D eigenvalue weighted by atomic mass is 10.2. The third-order valence-electron chi connectivity index (χ3n) is 2.17. The quantitative estimate of drug-likeness (QED) is 0.912. The van der Waals surface area contributed by atoms with E-state index in [9.17, 15) is 4.79 Å². The van der Waals surface area contributed by atoms with Gasteiger partial charge in [0.1, 0.15) is 11.8 Å². The van der Waals surface area contributed by atoms with Crippen molar-refractivity contribution in [2.75, 3.05) is 0 Å². The van der Waals surface area contributed by atoms with Crippen LogP contribution in [-0.4, -0.2) is 15.7 Å². The van der Waals surface area contributed by atoms with Gasteiger partial charge in [-0.15, -0.1) is 0 Å². The molecular weight excluding hydrogens is 284 g/mol. The molecule has 84 valence electrons. The maximum Gasteiger partial charge on any atom is 0.269 e. The van der Waals surface area contributed by atoms with Gasteiger partial charge in [-0.25, -0.2) is 4.68 Å². The molecular formula is C11H7BrN4O. The summed E-state index contributed by atoms with van der Waals surface area (Å²) in [5.74, 6) is -0.600. The van der Waals surface area contributed by atoms with Gasteiger partial charge in [-0.1, -0.05) is 15.9 Å². The first kappa shape index (κ1) is 11.4. The molecule has 2 N–H and O–H groups in total. The van der Waals surface area contributed by atoms with Gasteiger partial charge in [0.25, 0.3) is 5.91 Å². The zero-order valence-electron chi connectivity index (χ0n) is 8.59. The molecule has 1 aromatic heterocycles. The highest BCUT2D eigenvalue weighted by molar-refractivity contribution is 9.10. The monoisotopic (exact) mass is 290 g/mol. The summed E-state index contributed by atoms with van der Waals surface area (Å²) in [5.41, 5.74) is 6.33. The summed E-state index contributed by atoms with van der Waals surface area (Å²) in [4.78, 5) is 10.9. The second-order valence-corrected chi connectivity index (χ2v) is 4.20. The van der Waals surface area contributed by atoms with Crippen molar-refractivity contribution in [1.82, 2.24) is 9.78 Å². The van der Waals surface area contributed by atoms with Gasteiger partial charge >= 0.3 is 0 Å². The number of carbonyl (C=O) groups is 1. The van der Waals surface area contributed by atoms with Crippen LogP contribution in [0.25, 0.3) is 5.69 Å². The summed E-state index contributed by atoms with van der Waals surface area (Å²) in [6, 6.07) is 8.75. The largest absolute Gasteiger partial charge is 0.364 e. The van der Waals surface area contributed by atoms with Crippen molar-refractivity contribution < 1.29 is 4.79 Å². The predicted molar refractivity (Wildman–Crippen MR) is 64.5 cm³/mol. The van der Waals surface area contributed by atoms with E-state index >= 15 is 0 Å². The van der Waals surface area contributed by atoms with Crippen molar-refractivity contribution >= 4 is 21.8 Å². The molecule has 0 saturated carbocycles. The molecule has 5 nitrogen and oxygen atoms in total. The summed E-state index contributed by atoms with van der Waals surface area (Å²) in [6.45, 7) is 0. The molecule has 0 aliphatic rings. The summed E-state index contributed by atoms with van der Waals surface area (Å²) in [6.07, 6.45) is 1.59.